The Balaban J connectivity index is 2.96. The minimum atomic E-state index is -0.0886. The van der Waals surface area contributed by atoms with Gasteiger partial charge in [0.2, 0.25) is 0 Å². The van der Waals surface area contributed by atoms with E-state index in [1.807, 2.05) is 19.4 Å². The van der Waals surface area contributed by atoms with Crippen LogP contribution in [0.3, 0.4) is 0 Å². The number of benzene rings is 1. The van der Waals surface area contributed by atoms with Gasteiger partial charge in [-0.1, -0.05) is 25.1 Å². The van der Waals surface area contributed by atoms with Crippen molar-refractivity contribution in [2.24, 2.45) is 0 Å². The fourth-order valence-corrected chi connectivity index (χ4v) is 1.05. The van der Waals surface area contributed by atoms with Crippen LogP contribution in [-0.2, 0) is 0 Å². The molecule has 0 bridgehead atoms. The maximum atomic E-state index is 13.2. The van der Waals surface area contributed by atoms with Gasteiger partial charge in [0.15, 0.2) is 0 Å². The minimum Gasteiger partial charge on any atom is -0.206 e. The zero-order chi connectivity index (χ0) is 8.27. The average molecular weight is 151 g/mol. The van der Waals surface area contributed by atoms with Crippen LogP contribution < -0.4 is 0 Å². The summed E-state index contributed by atoms with van der Waals surface area (Å²) in [6.07, 6.45) is 2.77. The summed E-state index contributed by atoms with van der Waals surface area (Å²) in [4.78, 5) is 0. The maximum absolute atomic E-state index is 13.2. The first-order valence-corrected chi connectivity index (χ1v) is 3.84. The smallest absolute Gasteiger partial charge is 0.129 e. The van der Waals surface area contributed by atoms with Crippen molar-refractivity contribution in [3.05, 3.63) is 41.6 Å². The van der Waals surface area contributed by atoms with Crippen molar-refractivity contribution in [1.82, 2.24) is 0 Å². The first-order chi connectivity index (χ1) is 5.25. The molecule has 0 nitrogen and oxygen atoms in total. The first-order valence-electron chi connectivity index (χ1n) is 3.84. The summed E-state index contributed by atoms with van der Waals surface area (Å²) in [6.45, 7) is 3.78. The molecule has 1 radical (unpaired) electrons. The molecule has 0 N–H and O–H groups in total. The molecule has 0 heterocycles. The van der Waals surface area contributed by atoms with Gasteiger partial charge in [-0.2, -0.15) is 0 Å². The number of halogens is 1. The van der Waals surface area contributed by atoms with E-state index in [0.29, 0.717) is 11.1 Å². The third-order valence-electron chi connectivity index (χ3n) is 1.65. The van der Waals surface area contributed by atoms with Gasteiger partial charge < -0.3 is 0 Å². The second-order valence-corrected chi connectivity index (χ2v) is 2.59. The molecule has 0 unspecified atom stereocenters. The van der Waals surface area contributed by atoms with Crippen molar-refractivity contribution in [2.45, 2.75) is 20.3 Å². The lowest BCUT2D eigenvalue weighted by Crippen LogP contribution is -1.89. The summed E-state index contributed by atoms with van der Waals surface area (Å²) < 4.78 is 13.2. The second kappa shape index (κ2) is 3.51. The first kappa shape index (κ1) is 8.25. The summed E-state index contributed by atoms with van der Waals surface area (Å²) in [5.74, 6) is -0.0886. The average Bonchev–Trinajstić information content (AvgIpc) is 1.99. The molecule has 0 aliphatic rings. The molecular weight excluding hydrogens is 139 g/mol. The maximum Gasteiger partial charge on any atom is 0.129 e. The van der Waals surface area contributed by atoms with E-state index in [9.17, 15) is 4.39 Å². The predicted octanol–water partition coefficient (Wildman–Crippen LogP) is 3.10. The highest BCUT2D eigenvalue weighted by molar-refractivity contribution is 5.29. The van der Waals surface area contributed by atoms with Gasteiger partial charge in [-0.25, -0.2) is 4.39 Å². The normalized spacial score (nSPS) is 10.1. The fraction of sp³-hybridized carbons (Fsp3) is 0.300. The minimum absolute atomic E-state index is 0.0886. The highest BCUT2D eigenvalue weighted by atomic mass is 19.1. The lowest BCUT2D eigenvalue weighted by atomic mass is 10.1. The molecule has 0 aromatic heterocycles. The topological polar surface area (TPSA) is 0 Å². The molecule has 0 spiro atoms. The van der Waals surface area contributed by atoms with Gasteiger partial charge in [-0.15, -0.1) is 0 Å². The van der Waals surface area contributed by atoms with E-state index >= 15 is 0 Å². The standard InChI is InChI=1S/C10H12F/c1-3-5-9-7-4-6-8(2)10(9)11/h4-7H,3H2,1-2H3. The van der Waals surface area contributed by atoms with Crippen molar-refractivity contribution < 1.29 is 4.39 Å². The van der Waals surface area contributed by atoms with Gasteiger partial charge >= 0.3 is 0 Å². The molecule has 1 aromatic carbocycles. The van der Waals surface area contributed by atoms with Crippen LogP contribution in [0.4, 0.5) is 4.39 Å². The van der Waals surface area contributed by atoms with Crippen LogP contribution in [-0.4, -0.2) is 0 Å². The Hall–Kier alpha value is -0.850. The van der Waals surface area contributed by atoms with Crippen molar-refractivity contribution in [3.63, 3.8) is 0 Å². The molecule has 0 aliphatic carbocycles. The van der Waals surface area contributed by atoms with Gasteiger partial charge in [0.1, 0.15) is 5.82 Å². The van der Waals surface area contributed by atoms with Crippen LogP contribution in [0.25, 0.3) is 0 Å². The van der Waals surface area contributed by atoms with E-state index in [1.54, 1.807) is 19.1 Å². The van der Waals surface area contributed by atoms with Gasteiger partial charge in [-0.3, -0.25) is 0 Å². The number of aryl methyl sites for hydroxylation is 1. The zero-order valence-corrected chi connectivity index (χ0v) is 6.89. The number of hydrogen-bond acceptors (Lipinski definition) is 0. The molecule has 0 saturated heterocycles. The largest absolute Gasteiger partial charge is 0.206 e. The molecule has 0 aliphatic heterocycles. The molecule has 11 heavy (non-hydrogen) atoms. The van der Waals surface area contributed by atoms with Crippen LogP contribution in [0.1, 0.15) is 24.5 Å². The molecule has 1 heteroatoms. The summed E-state index contributed by atoms with van der Waals surface area (Å²) >= 11 is 0. The summed E-state index contributed by atoms with van der Waals surface area (Å²) in [5, 5.41) is 0. The Labute approximate surface area is 67.1 Å². The van der Waals surface area contributed by atoms with E-state index in [-0.39, 0.29) is 5.82 Å². The highest BCUT2D eigenvalue weighted by Crippen LogP contribution is 2.14. The lowest BCUT2D eigenvalue weighted by Gasteiger charge is -2.01. The molecule has 1 aromatic rings. The third kappa shape index (κ3) is 1.79. The van der Waals surface area contributed by atoms with Crippen LogP contribution in [0.15, 0.2) is 18.2 Å². The Morgan fingerprint density at radius 2 is 2.18 bits per heavy atom. The third-order valence-corrected chi connectivity index (χ3v) is 1.65. The lowest BCUT2D eigenvalue weighted by molar-refractivity contribution is 0.610. The van der Waals surface area contributed by atoms with E-state index in [4.69, 9.17) is 0 Å². The quantitative estimate of drug-likeness (QED) is 0.609. The summed E-state index contributed by atoms with van der Waals surface area (Å²) in [7, 11) is 0. The van der Waals surface area contributed by atoms with Crippen molar-refractivity contribution in [3.8, 4) is 0 Å². The zero-order valence-electron chi connectivity index (χ0n) is 6.89. The van der Waals surface area contributed by atoms with Crippen LogP contribution in [0.5, 0.6) is 0 Å². The molecule has 0 fully saturated rings. The van der Waals surface area contributed by atoms with Crippen molar-refractivity contribution >= 4 is 0 Å². The van der Waals surface area contributed by atoms with Crippen molar-refractivity contribution in [2.75, 3.05) is 0 Å². The summed E-state index contributed by atoms with van der Waals surface area (Å²) in [6, 6.07) is 5.45. The van der Waals surface area contributed by atoms with Gasteiger partial charge in [0.25, 0.3) is 0 Å². The molecule has 0 saturated carbocycles. The van der Waals surface area contributed by atoms with E-state index in [1.165, 1.54) is 0 Å². The van der Waals surface area contributed by atoms with E-state index < -0.39 is 0 Å². The van der Waals surface area contributed by atoms with Crippen LogP contribution in [0.2, 0.25) is 0 Å². The van der Waals surface area contributed by atoms with Gasteiger partial charge in [0, 0.05) is 0 Å². The number of hydrogen-bond donors (Lipinski definition) is 0. The van der Waals surface area contributed by atoms with Crippen LogP contribution >= 0.6 is 0 Å². The highest BCUT2D eigenvalue weighted by Gasteiger charge is 2.02. The van der Waals surface area contributed by atoms with Crippen LogP contribution in [0, 0.1) is 19.2 Å². The Kier molecular flexibility index (Phi) is 2.64. The summed E-state index contributed by atoms with van der Waals surface area (Å²) in [5.41, 5.74) is 1.43. The Bertz CT molecular complexity index is 241. The Morgan fingerprint density at radius 3 is 2.82 bits per heavy atom. The molecule has 59 valence electrons. The van der Waals surface area contributed by atoms with Gasteiger partial charge in [-0.05, 0) is 30.9 Å². The molecule has 0 atom stereocenters. The molecular formula is C10H12F. The fourth-order valence-electron chi connectivity index (χ4n) is 1.05. The van der Waals surface area contributed by atoms with E-state index in [2.05, 4.69) is 0 Å². The Morgan fingerprint density at radius 1 is 1.45 bits per heavy atom. The molecule has 0 amide bonds. The predicted molar refractivity (Wildman–Crippen MR) is 44.8 cm³/mol. The molecule has 1 rings (SSSR count). The van der Waals surface area contributed by atoms with E-state index in [0.717, 1.165) is 6.42 Å². The van der Waals surface area contributed by atoms with Crippen molar-refractivity contribution in [1.29, 1.82) is 0 Å². The monoisotopic (exact) mass is 151 g/mol. The second-order valence-electron chi connectivity index (χ2n) is 2.59. The van der Waals surface area contributed by atoms with Gasteiger partial charge in [0.05, 0.1) is 0 Å². The SMILES string of the molecule is CC[CH]c1cccc(C)c1F. The number of rotatable bonds is 2.